The lowest BCUT2D eigenvalue weighted by Gasteiger charge is -2.05. The summed E-state index contributed by atoms with van der Waals surface area (Å²) in [5, 5.41) is 0. The van der Waals surface area contributed by atoms with Gasteiger partial charge in [-0.1, -0.05) is 22.6 Å². The van der Waals surface area contributed by atoms with Crippen LogP contribution in [0.3, 0.4) is 0 Å². The van der Waals surface area contributed by atoms with E-state index in [1.54, 1.807) is 0 Å². The van der Waals surface area contributed by atoms with E-state index in [-0.39, 0.29) is 0 Å². The maximum absolute atomic E-state index is 5.59. The molecule has 1 fully saturated rings. The molecule has 3 heteroatoms. The van der Waals surface area contributed by atoms with Crippen molar-refractivity contribution in [1.29, 1.82) is 0 Å². The molecule has 1 rings (SSSR count). The first-order valence-corrected chi connectivity index (χ1v) is 4.70. The van der Waals surface area contributed by atoms with Gasteiger partial charge in [0.2, 0.25) is 0 Å². The largest absolute Gasteiger partial charge is 0.330 e. The van der Waals surface area contributed by atoms with Crippen molar-refractivity contribution < 1.29 is 0 Å². The van der Waals surface area contributed by atoms with Crippen molar-refractivity contribution in [2.24, 2.45) is 11.7 Å². The van der Waals surface area contributed by atoms with E-state index in [4.69, 9.17) is 5.73 Å². The Kier molecular flexibility index (Phi) is 3.13. The van der Waals surface area contributed by atoms with Gasteiger partial charge >= 0.3 is 0 Å². The minimum Gasteiger partial charge on any atom is -0.330 e. The Morgan fingerprint density at radius 2 is 2.60 bits per heavy atom. The first-order chi connectivity index (χ1) is 4.77. The molecule has 1 atom stereocenters. The van der Waals surface area contributed by atoms with Crippen molar-refractivity contribution in [3.63, 3.8) is 0 Å². The molecule has 0 spiro atoms. The molecular formula is C7H13IN2. The van der Waals surface area contributed by atoms with Gasteiger partial charge in [-0.3, -0.25) is 0 Å². The standard InChI is InChI=1S/C7H13IN2/c1-10-4-6(2-8)7(3-9)5-10/h2,7H,3-5,9H2,1H3/b6-2-. The Labute approximate surface area is 75.6 Å². The Morgan fingerprint density at radius 3 is 3.00 bits per heavy atom. The average molecular weight is 252 g/mol. The first kappa shape index (κ1) is 8.49. The topological polar surface area (TPSA) is 29.3 Å². The summed E-state index contributed by atoms with van der Waals surface area (Å²) in [6.07, 6.45) is 0. The van der Waals surface area contributed by atoms with Crippen LogP contribution in [0.5, 0.6) is 0 Å². The quantitative estimate of drug-likeness (QED) is 0.700. The highest BCUT2D eigenvalue weighted by Gasteiger charge is 2.22. The predicted octanol–water partition coefficient (Wildman–Crippen LogP) is 0.826. The van der Waals surface area contributed by atoms with Gasteiger partial charge in [0.05, 0.1) is 0 Å². The van der Waals surface area contributed by atoms with Crippen molar-refractivity contribution >= 4 is 22.6 Å². The first-order valence-electron chi connectivity index (χ1n) is 3.45. The monoisotopic (exact) mass is 252 g/mol. The number of halogens is 1. The van der Waals surface area contributed by atoms with E-state index in [1.807, 2.05) is 0 Å². The Morgan fingerprint density at radius 1 is 1.90 bits per heavy atom. The number of nitrogens with zero attached hydrogens (tertiary/aromatic N) is 1. The SMILES string of the molecule is CN1C/C(=C/I)C(CN)C1. The fraction of sp³-hybridized carbons (Fsp3) is 0.714. The van der Waals surface area contributed by atoms with Crippen molar-refractivity contribution in [2.75, 3.05) is 26.7 Å². The molecular weight excluding hydrogens is 239 g/mol. The van der Waals surface area contributed by atoms with Crippen LogP contribution in [0.15, 0.2) is 9.66 Å². The third-order valence-corrected chi connectivity index (χ3v) is 2.73. The lowest BCUT2D eigenvalue weighted by molar-refractivity contribution is 0.397. The third-order valence-electron chi connectivity index (χ3n) is 1.93. The molecule has 1 unspecified atom stereocenters. The molecule has 0 aromatic rings. The molecule has 0 radical (unpaired) electrons. The van der Waals surface area contributed by atoms with Crippen LogP contribution < -0.4 is 5.73 Å². The van der Waals surface area contributed by atoms with Crippen LogP contribution >= 0.6 is 22.6 Å². The van der Waals surface area contributed by atoms with Crippen molar-refractivity contribution in [3.05, 3.63) is 9.66 Å². The lowest BCUT2D eigenvalue weighted by atomic mass is 10.1. The van der Waals surface area contributed by atoms with Gasteiger partial charge in [-0.15, -0.1) is 0 Å². The number of nitrogens with two attached hydrogens (primary N) is 1. The molecule has 0 amide bonds. The van der Waals surface area contributed by atoms with Crippen LogP contribution in [0, 0.1) is 5.92 Å². The molecule has 10 heavy (non-hydrogen) atoms. The van der Waals surface area contributed by atoms with E-state index in [9.17, 15) is 0 Å². The molecule has 1 aliphatic rings. The van der Waals surface area contributed by atoms with Crippen molar-refractivity contribution in [1.82, 2.24) is 4.90 Å². The average Bonchev–Trinajstić information content (AvgIpc) is 2.30. The van der Waals surface area contributed by atoms with Crippen molar-refractivity contribution in [3.8, 4) is 0 Å². The second-order valence-electron chi connectivity index (χ2n) is 2.81. The van der Waals surface area contributed by atoms with E-state index in [0.29, 0.717) is 5.92 Å². The van der Waals surface area contributed by atoms with E-state index < -0.39 is 0 Å². The smallest absolute Gasteiger partial charge is 0.0201 e. The summed E-state index contributed by atoms with van der Waals surface area (Å²) in [6.45, 7) is 3.02. The number of hydrogen-bond donors (Lipinski definition) is 1. The molecule has 0 bridgehead atoms. The van der Waals surface area contributed by atoms with Crippen molar-refractivity contribution in [2.45, 2.75) is 0 Å². The maximum atomic E-state index is 5.59. The van der Waals surface area contributed by atoms with Gasteiger partial charge in [-0.05, 0) is 16.7 Å². The highest BCUT2D eigenvalue weighted by Crippen LogP contribution is 2.21. The summed E-state index contributed by atoms with van der Waals surface area (Å²) < 4.78 is 2.17. The van der Waals surface area contributed by atoms with Gasteiger partial charge in [0.25, 0.3) is 0 Å². The van der Waals surface area contributed by atoms with Gasteiger partial charge < -0.3 is 10.6 Å². The Balaban J connectivity index is 2.58. The molecule has 58 valence electrons. The summed E-state index contributed by atoms with van der Waals surface area (Å²) in [5.74, 6) is 0.613. The second-order valence-corrected chi connectivity index (χ2v) is 3.44. The summed E-state index contributed by atoms with van der Waals surface area (Å²) in [5.41, 5.74) is 7.08. The van der Waals surface area contributed by atoms with Gasteiger partial charge in [0, 0.05) is 25.6 Å². The zero-order valence-corrected chi connectivity index (χ0v) is 8.34. The maximum Gasteiger partial charge on any atom is 0.0201 e. The summed E-state index contributed by atoms with van der Waals surface area (Å²) in [6, 6.07) is 0. The normalized spacial score (nSPS) is 31.9. The molecule has 1 heterocycles. The highest BCUT2D eigenvalue weighted by molar-refractivity contribution is 14.1. The van der Waals surface area contributed by atoms with Crippen LogP contribution in [0.25, 0.3) is 0 Å². The van der Waals surface area contributed by atoms with Crippen LogP contribution in [0.1, 0.15) is 0 Å². The lowest BCUT2D eigenvalue weighted by Crippen LogP contribution is -2.19. The highest BCUT2D eigenvalue weighted by atomic mass is 127. The predicted molar refractivity (Wildman–Crippen MR) is 52.1 cm³/mol. The van der Waals surface area contributed by atoms with Crippen LogP contribution in [-0.2, 0) is 0 Å². The van der Waals surface area contributed by atoms with E-state index in [2.05, 4.69) is 38.6 Å². The fourth-order valence-corrected chi connectivity index (χ4v) is 2.05. The van der Waals surface area contributed by atoms with E-state index >= 15 is 0 Å². The molecule has 0 aromatic heterocycles. The van der Waals surface area contributed by atoms with Crippen LogP contribution in [-0.4, -0.2) is 31.6 Å². The third kappa shape index (κ3) is 1.71. The summed E-state index contributed by atoms with van der Waals surface area (Å²) >= 11 is 2.29. The summed E-state index contributed by atoms with van der Waals surface area (Å²) in [7, 11) is 2.13. The Hall–Kier alpha value is 0.390. The van der Waals surface area contributed by atoms with Gasteiger partial charge in [-0.2, -0.15) is 0 Å². The minimum absolute atomic E-state index is 0.613. The molecule has 0 saturated carbocycles. The van der Waals surface area contributed by atoms with Gasteiger partial charge in [0.15, 0.2) is 0 Å². The Bertz CT molecular complexity index is 145. The van der Waals surface area contributed by atoms with Crippen LogP contribution in [0.4, 0.5) is 0 Å². The molecule has 0 aromatic carbocycles. The number of likely N-dealkylation sites (N-methyl/N-ethyl adjacent to an activating group) is 1. The number of hydrogen-bond acceptors (Lipinski definition) is 2. The second kappa shape index (κ2) is 3.69. The van der Waals surface area contributed by atoms with Gasteiger partial charge in [-0.25, -0.2) is 0 Å². The minimum atomic E-state index is 0.613. The van der Waals surface area contributed by atoms with E-state index in [0.717, 1.165) is 19.6 Å². The molecule has 2 nitrogen and oxygen atoms in total. The zero-order chi connectivity index (χ0) is 7.56. The van der Waals surface area contributed by atoms with E-state index in [1.165, 1.54) is 5.57 Å². The molecule has 1 aliphatic heterocycles. The number of likely N-dealkylation sites (tertiary alicyclic amines) is 1. The van der Waals surface area contributed by atoms with Crippen LogP contribution in [0.2, 0.25) is 0 Å². The number of rotatable bonds is 1. The fourth-order valence-electron chi connectivity index (χ4n) is 1.35. The zero-order valence-electron chi connectivity index (χ0n) is 6.18. The molecule has 1 saturated heterocycles. The molecule has 0 aliphatic carbocycles. The summed E-state index contributed by atoms with van der Waals surface area (Å²) in [4.78, 5) is 2.31. The van der Waals surface area contributed by atoms with Gasteiger partial charge in [0.1, 0.15) is 0 Å². The molecule has 2 N–H and O–H groups in total.